The average molecular weight is 246 g/mol. The summed E-state index contributed by atoms with van der Waals surface area (Å²) in [5, 5.41) is 0.546. The van der Waals surface area contributed by atoms with Gasteiger partial charge < -0.3 is 10.5 Å². The van der Waals surface area contributed by atoms with Gasteiger partial charge in [-0.05, 0) is 24.6 Å². The van der Waals surface area contributed by atoms with Gasteiger partial charge in [0.2, 0.25) is 0 Å². The Morgan fingerprint density at radius 3 is 2.93 bits per heavy atom. The zero-order valence-electron chi connectivity index (χ0n) is 8.11. The first-order valence-corrected chi connectivity index (χ1v) is 6.31. The van der Waals surface area contributed by atoms with E-state index in [1.165, 1.54) is 0 Å². The molecule has 0 saturated carbocycles. The van der Waals surface area contributed by atoms with Crippen LogP contribution in [0, 0.1) is 0 Å². The van der Waals surface area contributed by atoms with Gasteiger partial charge in [-0.25, -0.2) is 0 Å². The summed E-state index contributed by atoms with van der Waals surface area (Å²) in [5.74, 6) is 0. The fraction of sp³-hybridized carbons (Fsp3) is 0.400. The fourth-order valence-corrected chi connectivity index (χ4v) is 3.10. The van der Waals surface area contributed by atoms with Gasteiger partial charge in [-0.15, -0.1) is 0 Å². The van der Waals surface area contributed by atoms with E-state index >= 15 is 0 Å². The lowest BCUT2D eigenvalue weighted by atomic mass is 10.3. The van der Waals surface area contributed by atoms with E-state index in [-0.39, 0.29) is 5.25 Å². The Labute approximate surface area is 96.0 Å². The van der Waals surface area contributed by atoms with Crippen LogP contribution in [0.1, 0.15) is 6.42 Å². The number of hydrogen-bond acceptors (Lipinski definition) is 3. The van der Waals surface area contributed by atoms with E-state index in [1.54, 1.807) is 18.2 Å². The second-order valence-electron chi connectivity index (χ2n) is 3.47. The third-order valence-electron chi connectivity index (χ3n) is 2.39. The van der Waals surface area contributed by atoms with Crippen LogP contribution in [-0.4, -0.2) is 22.7 Å². The van der Waals surface area contributed by atoms with Gasteiger partial charge in [0.15, 0.2) is 0 Å². The van der Waals surface area contributed by atoms with E-state index in [0.717, 1.165) is 11.3 Å². The molecule has 1 aromatic rings. The highest BCUT2D eigenvalue weighted by atomic mass is 35.5. The van der Waals surface area contributed by atoms with Crippen molar-refractivity contribution in [3.8, 4) is 0 Å². The van der Waals surface area contributed by atoms with Gasteiger partial charge >= 0.3 is 0 Å². The summed E-state index contributed by atoms with van der Waals surface area (Å²) in [4.78, 5) is 0.727. The number of nitrogens with two attached hydrogens (primary N) is 1. The third-order valence-corrected chi connectivity index (χ3v) is 4.42. The number of hydrogen-bond donors (Lipinski definition) is 1. The molecule has 3 nitrogen and oxygen atoms in total. The van der Waals surface area contributed by atoms with Crippen molar-refractivity contribution in [2.75, 3.05) is 18.9 Å². The summed E-state index contributed by atoms with van der Waals surface area (Å²) in [6, 6.07) is 5.12. The summed E-state index contributed by atoms with van der Waals surface area (Å²) in [6.07, 6.45) is 0.842. The Morgan fingerprint density at radius 1 is 1.53 bits per heavy atom. The van der Waals surface area contributed by atoms with E-state index < -0.39 is 10.8 Å². The largest absolute Gasteiger partial charge is 0.398 e. The minimum Gasteiger partial charge on any atom is -0.398 e. The highest BCUT2D eigenvalue weighted by Crippen LogP contribution is 2.24. The van der Waals surface area contributed by atoms with Crippen molar-refractivity contribution < 1.29 is 8.95 Å². The first kappa shape index (κ1) is 10.9. The van der Waals surface area contributed by atoms with Crippen LogP contribution < -0.4 is 5.73 Å². The minimum absolute atomic E-state index is 0.0877. The first-order valence-electron chi connectivity index (χ1n) is 4.72. The third kappa shape index (κ3) is 2.33. The summed E-state index contributed by atoms with van der Waals surface area (Å²) >= 11 is 5.87. The van der Waals surface area contributed by atoms with Crippen LogP contribution in [0.4, 0.5) is 5.69 Å². The molecule has 1 aliphatic rings. The van der Waals surface area contributed by atoms with Crippen molar-refractivity contribution in [2.45, 2.75) is 16.6 Å². The van der Waals surface area contributed by atoms with Crippen molar-refractivity contribution in [2.24, 2.45) is 0 Å². The monoisotopic (exact) mass is 245 g/mol. The zero-order valence-corrected chi connectivity index (χ0v) is 9.68. The molecule has 2 unspecified atom stereocenters. The molecule has 1 aliphatic heterocycles. The smallest absolute Gasteiger partial charge is 0.0650 e. The van der Waals surface area contributed by atoms with Crippen molar-refractivity contribution in [1.29, 1.82) is 0 Å². The lowest BCUT2D eigenvalue weighted by molar-refractivity contribution is 0.199. The quantitative estimate of drug-likeness (QED) is 0.809. The molecule has 0 aliphatic carbocycles. The highest BCUT2D eigenvalue weighted by molar-refractivity contribution is 7.85. The molecular formula is C10H12ClNO2S. The SMILES string of the molecule is Nc1ccc(S(=O)C2CCOC2)cc1Cl. The Balaban J connectivity index is 2.21. The number of rotatable bonds is 2. The van der Waals surface area contributed by atoms with E-state index in [0.29, 0.717) is 23.9 Å². The predicted molar refractivity (Wildman–Crippen MR) is 61.5 cm³/mol. The van der Waals surface area contributed by atoms with Gasteiger partial charge in [0.05, 0.1) is 33.4 Å². The lowest BCUT2D eigenvalue weighted by Gasteiger charge is -2.08. The molecule has 0 radical (unpaired) electrons. The molecule has 1 heterocycles. The Kier molecular flexibility index (Phi) is 3.29. The molecule has 2 N–H and O–H groups in total. The van der Waals surface area contributed by atoms with Crippen LogP contribution >= 0.6 is 11.6 Å². The normalized spacial score (nSPS) is 22.9. The second-order valence-corrected chi connectivity index (χ2v) is 5.61. The summed E-state index contributed by atoms with van der Waals surface area (Å²) in [5.41, 5.74) is 6.10. The van der Waals surface area contributed by atoms with Gasteiger partial charge in [0.25, 0.3) is 0 Å². The van der Waals surface area contributed by atoms with Crippen molar-refractivity contribution in [1.82, 2.24) is 0 Å². The average Bonchev–Trinajstić information content (AvgIpc) is 2.74. The van der Waals surface area contributed by atoms with E-state index in [1.807, 2.05) is 0 Å². The van der Waals surface area contributed by atoms with Gasteiger partial charge in [-0.2, -0.15) is 0 Å². The van der Waals surface area contributed by atoms with Crippen molar-refractivity contribution in [3.05, 3.63) is 23.2 Å². The van der Waals surface area contributed by atoms with Crippen LogP contribution in [0.3, 0.4) is 0 Å². The van der Waals surface area contributed by atoms with Gasteiger partial charge in [0, 0.05) is 11.5 Å². The molecule has 1 saturated heterocycles. The van der Waals surface area contributed by atoms with E-state index in [9.17, 15) is 4.21 Å². The van der Waals surface area contributed by atoms with Crippen molar-refractivity contribution >= 4 is 28.1 Å². The van der Waals surface area contributed by atoms with Crippen LogP contribution in [0.5, 0.6) is 0 Å². The Bertz CT molecular complexity index is 391. The van der Waals surface area contributed by atoms with Gasteiger partial charge in [0.1, 0.15) is 0 Å². The van der Waals surface area contributed by atoms with Crippen molar-refractivity contribution in [3.63, 3.8) is 0 Å². The topological polar surface area (TPSA) is 52.3 Å². The lowest BCUT2D eigenvalue weighted by Crippen LogP contribution is -2.14. The maximum Gasteiger partial charge on any atom is 0.0650 e. The fourth-order valence-electron chi connectivity index (χ4n) is 1.51. The standard InChI is InChI=1S/C10H12ClNO2S/c11-9-5-7(1-2-10(9)12)15(13)8-3-4-14-6-8/h1-2,5,8H,3-4,6,12H2. The summed E-state index contributed by atoms with van der Waals surface area (Å²) in [6.45, 7) is 1.26. The zero-order chi connectivity index (χ0) is 10.8. The molecule has 1 aromatic carbocycles. The highest BCUT2D eigenvalue weighted by Gasteiger charge is 2.23. The maximum atomic E-state index is 12.0. The number of ether oxygens (including phenoxy) is 1. The molecule has 0 aromatic heterocycles. The molecule has 1 fully saturated rings. The number of anilines is 1. The Hall–Kier alpha value is -0.580. The molecule has 82 valence electrons. The van der Waals surface area contributed by atoms with Crippen LogP contribution in [0.2, 0.25) is 5.02 Å². The molecule has 5 heteroatoms. The second kappa shape index (κ2) is 4.51. The molecule has 0 bridgehead atoms. The minimum atomic E-state index is -1.04. The van der Waals surface area contributed by atoms with Crippen LogP contribution in [0.15, 0.2) is 23.1 Å². The number of benzene rings is 1. The molecule has 0 spiro atoms. The summed E-state index contributed by atoms with van der Waals surface area (Å²) in [7, 11) is -1.04. The van der Waals surface area contributed by atoms with E-state index in [2.05, 4.69) is 0 Å². The first-order chi connectivity index (χ1) is 7.18. The predicted octanol–water partition coefficient (Wildman–Crippen LogP) is 1.82. The van der Waals surface area contributed by atoms with Gasteiger partial charge in [-0.3, -0.25) is 4.21 Å². The maximum absolute atomic E-state index is 12.0. The molecular weight excluding hydrogens is 234 g/mol. The molecule has 15 heavy (non-hydrogen) atoms. The summed E-state index contributed by atoms with van der Waals surface area (Å²) < 4.78 is 17.2. The van der Waals surface area contributed by atoms with Gasteiger partial charge in [-0.1, -0.05) is 11.6 Å². The number of halogens is 1. The van der Waals surface area contributed by atoms with Crippen LogP contribution in [-0.2, 0) is 15.5 Å². The number of nitrogen functional groups attached to an aromatic ring is 1. The Morgan fingerprint density at radius 2 is 2.33 bits per heavy atom. The molecule has 2 atom stereocenters. The van der Waals surface area contributed by atoms with Crippen LogP contribution in [0.25, 0.3) is 0 Å². The molecule has 0 amide bonds. The van der Waals surface area contributed by atoms with E-state index in [4.69, 9.17) is 22.1 Å². The molecule has 2 rings (SSSR count).